The molecular formula is C13H16ClNO2. The number of halogens is 1. The molecule has 1 aliphatic rings. The van der Waals surface area contributed by atoms with Gasteiger partial charge in [-0.15, -0.1) is 0 Å². The average molecular weight is 254 g/mol. The first kappa shape index (κ1) is 12.4. The molecule has 1 aliphatic heterocycles. The number of benzene rings is 1. The van der Waals surface area contributed by atoms with Crippen molar-refractivity contribution in [3.8, 4) is 0 Å². The number of hydrogen-bond donors (Lipinski definition) is 1. The third kappa shape index (κ3) is 3.20. The molecule has 3 nitrogen and oxygen atoms in total. The Labute approximate surface area is 106 Å². The van der Waals surface area contributed by atoms with Crippen molar-refractivity contribution in [1.82, 2.24) is 4.90 Å². The molecule has 0 aromatic heterocycles. The van der Waals surface area contributed by atoms with Gasteiger partial charge in [0.05, 0.1) is 6.54 Å². The van der Waals surface area contributed by atoms with E-state index < -0.39 is 5.97 Å². The zero-order valence-electron chi connectivity index (χ0n) is 9.60. The third-order valence-corrected chi connectivity index (χ3v) is 3.62. The second kappa shape index (κ2) is 5.52. The van der Waals surface area contributed by atoms with Gasteiger partial charge < -0.3 is 5.11 Å². The summed E-state index contributed by atoms with van der Waals surface area (Å²) in [5.74, 6) is -0.754. The van der Waals surface area contributed by atoms with E-state index in [1.54, 1.807) is 0 Å². The van der Waals surface area contributed by atoms with E-state index in [0.29, 0.717) is 6.04 Å². The van der Waals surface area contributed by atoms with E-state index in [9.17, 15) is 4.79 Å². The Kier molecular flexibility index (Phi) is 4.02. The minimum atomic E-state index is -0.754. The Balaban J connectivity index is 2.03. The molecule has 4 heteroatoms. The summed E-state index contributed by atoms with van der Waals surface area (Å²) in [5, 5.41) is 9.62. The zero-order valence-corrected chi connectivity index (χ0v) is 10.4. The normalized spacial score (nSPS) is 20.6. The smallest absolute Gasteiger partial charge is 0.317 e. The lowest BCUT2D eigenvalue weighted by molar-refractivity contribution is -0.138. The van der Waals surface area contributed by atoms with Gasteiger partial charge in [0, 0.05) is 11.1 Å². The fourth-order valence-corrected chi connectivity index (χ4v) is 2.64. The standard InChI is InChI=1S/C13H16ClNO2/c14-12-6-2-1-4-10(12)8-11-5-3-7-15(11)9-13(16)17/h1-2,4,6,11H,3,5,7-9H2,(H,16,17)/t11-/m0/s1. The van der Waals surface area contributed by atoms with E-state index in [1.165, 1.54) is 0 Å². The van der Waals surface area contributed by atoms with Crippen molar-refractivity contribution in [1.29, 1.82) is 0 Å². The summed E-state index contributed by atoms with van der Waals surface area (Å²) in [5.41, 5.74) is 1.11. The molecule has 1 N–H and O–H groups in total. The van der Waals surface area contributed by atoms with Gasteiger partial charge in [-0.1, -0.05) is 29.8 Å². The molecule has 1 saturated heterocycles. The van der Waals surface area contributed by atoms with Crippen molar-refractivity contribution in [3.05, 3.63) is 34.9 Å². The van der Waals surface area contributed by atoms with Crippen LogP contribution in [0.25, 0.3) is 0 Å². The Bertz CT molecular complexity index is 408. The van der Waals surface area contributed by atoms with Crippen molar-refractivity contribution in [2.75, 3.05) is 13.1 Å². The van der Waals surface area contributed by atoms with Crippen molar-refractivity contribution in [3.63, 3.8) is 0 Å². The third-order valence-electron chi connectivity index (χ3n) is 3.25. The molecule has 1 aromatic rings. The Hall–Kier alpha value is -1.06. The predicted octanol–water partition coefficient (Wildman–Crippen LogP) is 2.43. The molecule has 0 saturated carbocycles. The predicted molar refractivity (Wildman–Crippen MR) is 67.4 cm³/mol. The summed E-state index contributed by atoms with van der Waals surface area (Å²) in [7, 11) is 0. The average Bonchev–Trinajstić information content (AvgIpc) is 2.68. The van der Waals surface area contributed by atoms with E-state index >= 15 is 0 Å². The fourth-order valence-electron chi connectivity index (χ4n) is 2.43. The lowest BCUT2D eigenvalue weighted by Gasteiger charge is -2.22. The van der Waals surface area contributed by atoms with Gasteiger partial charge in [-0.2, -0.15) is 0 Å². The number of carboxylic acids is 1. The van der Waals surface area contributed by atoms with Crippen molar-refractivity contribution < 1.29 is 9.90 Å². The highest BCUT2D eigenvalue weighted by Crippen LogP contribution is 2.24. The van der Waals surface area contributed by atoms with E-state index in [4.69, 9.17) is 16.7 Å². The number of likely N-dealkylation sites (tertiary alicyclic amines) is 1. The molecule has 0 aliphatic carbocycles. The van der Waals surface area contributed by atoms with Crippen LogP contribution in [-0.4, -0.2) is 35.1 Å². The molecule has 1 atom stereocenters. The van der Waals surface area contributed by atoms with Crippen molar-refractivity contribution in [2.45, 2.75) is 25.3 Å². The summed E-state index contributed by atoms with van der Waals surface area (Å²) in [6.07, 6.45) is 2.97. The molecular weight excluding hydrogens is 238 g/mol. The maximum Gasteiger partial charge on any atom is 0.317 e. The van der Waals surface area contributed by atoms with Crippen LogP contribution in [0.4, 0.5) is 0 Å². The number of carboxylic acid groups (broad SMARTS) is 1. The second-order valence-electron chi connectivity index (χ2n) is 4.46. The van der Waals surface area contributed by atoms with Crippen LogP contribution in [0.3, 0.4) is 0 Å². The lowest BCUT2D eigenvalue weighted by Crippen LogP contribution is -2.35. The van der Waals surface area contributed by atoms with Crippen LogP contribution in [0.15, 0.2) is 24.3 Å². The minimum absolute atomic E-state index is 0.134. The van der Waals surface area contributed by atoms with Crippen LogP contribution in [0.5, 0.6) is 0 Å². The fraction of sp³-hybridized carbons (Fsp3) is 0.462. The van der Waals surface area contributed by atoms with Gasteiger partial charge in [0.15, 0.2) is 0 Å². The molecule has 2 rings (SSSR count). The highest BCUT2D eigenvalue weighted by atomic mass is 35.5. The number of hydrogen-bond acceptors (Lipinski definition) is 2. The molecule has 0 amide bonds. The Morgan fingerprint density at radius 2 is 2.24 bits per heavy atom. The minimum Gasteiger partial charge on any atom is -0.480 e. The first-order valence-corrected chi connectivity index (χ1v) is 6.24. The highest BCUT2D eigenvalue weighted by Gasteiger charge is 2.26. The molecule has 1 heterocycles. The molecule has 0 bridgehead atoms. The van der Waals surface area contributed by atoms with Crippen LogP contribution in [0.2, 0.25) is 5.02 Å². The van der Waals surface area contributed by atoms with E-state index in [-0.39, 0.29) is 6.54 Å². The van der Waals surface area contributed by atoms with E-state index in [1.807, 2.05) is 29.2 Å². The van der Waals surface area contributed by atoms with Gasteiger partial charge >= 0.3 is 5.97 Å². The largest absolute Gasteiger partial charge is 0.480 e. The number of rotatable bonds is 4. The van der Waals surface area contributed by atoms with Gasteiger partial charge in [-0.05, 0) is 37.4 Å². The van der Waals surface area contributed by atoms with Crippen molar-refractivity contribution in [2.24, 2.45) is 0 Å². The van der Waals surface area contributed by atoms with Crippen LogP contribution >= 0.6 is 11.6 Å². The molecule has 0 spiro atoms. The molecule has 17 heavy (non-hydrogen) atoms. The highest BCUT2D eigenvalue weighted by molar-refractivity contribution is 6.31. The maximum atomic E-state index is 10.8. The first-order valence-electron chi connectivity index (χ1n) is 5.86. The number of carbonyl (C=O) groups is 1. The molecule has 0 unspecified atom stereocenters. The van der Waals surface area contributed by atoms with E-state index in [0.717, 1.165) is 36.4 Å². The van der Waals surface area contributed by atoms with E-state index in [2.05, 4.69) is 0 Å². The van der Waals surface area contributed by atoms with Crippen LogP contribution < -0.4 is 0 Å². The molecule has 1 aromatic carbocycles. The summed E-state index contributed by atoms with van der Waals surface area (Å²) in [6, 6.07) is 8.09. The Morgan fingerprint density at radius 1 is 1.47 bits per heavy atom. The number of aliphatic carboxylic acids is 1. The monoisotopic (exact) mass is 253 g/mol. The van der Waals surface area contributed by atoms with Crippen molar-refractivity contribution >= 4 is 17.6 Å². The number of nitrogens with zero attached hydrogens (tertiary/aromatic N) is 1. The topological polar surface area (TPSA) is 40.5 Å². The maximum absolute atomic E-state index is 10.8. The summed E-state index contributed by atoms with van der Waals surface area (Å²) in [6.45, 7) is 1.01. The molecule has 0 radical (unpaired) electrons. The Morgan fingerprint density at radius 3 is 2.94 bits per heavy atom. The first-order chi connectivity index (χ1) is 8.16. The lowest BCUT2D eigenvalue weighted by atomic mass is 10.0. The van der Waals surface area contributed by atoms with Crippen LogP contribution in [0.1, 0.15) is 18.4 Å². The zero-order chi connectivity index (χ0) is 12.3. The van der Waals surface area contributed by atoms with Gasteiger partial charge in [0.2, 0.25) is 0 Å². The van der Waals surface area contributed by atoms with Gasteiger partial charge in [0.1, 0.15) is 0 Å². The van der Waals surface area contributed by atoms with Gasteiger partial charge in [0.25, 0.3) is 0 Å². The summed E-state index contributed by atoms with van der Waals surface area (Å²) < 4.78 is 0. The summed E-state index contributed by atoms with van der Waals surface area (Å²) in [4.78, 5) is 12.8. The SMILES string of the molecule is O=C(O)CN1CCC[C@H]1Cc1ccccc1Cl. The summed E-state index contributed by atoms with van der Waals surface area (Å²) >= 11 is 6.12. The van der Waals surface area contributed by atoms with Crippen LogP contribution in [0, 0.1) is 0 Å². The molecule has 92 valence electrons. The van der Waals surface area contributed by atoms with Gasteiger partial charge in [-0.25, -0.2) is 0 Å². The second-order valence-corrected chi connectivity index (χ2v) is 4.86. The van der Waals surface area contributed by atoms with Gasteiger partial charge in [-0.3, -0.25) is 9.69 Å². The quantitative estimate of drug-likeness (QED) is 0.896. The molecule has 1 fully saturated rings. The van der Waals surface area contributed by atoms with Crippen LogP contribution in [-0.2, 0) is 11.2 Å².